The van der Waals surface area contributed by atoms with Crippen LogP contribution in [0.4, 0.5) is 5.69 Å². The van der Waals surface area contributed by atoms with Gasteiger partial charge in [0, 0.05) is 18.2 Å². The molecule has 0 radical (unpaired) electrons. The van der Waals surface area contributed by atoms with Crippen LogP contribution in [0.2, 0.25) is 0 Å². The van der Waals surface area contributed by atoms with Gasteiger partial charge in [0.25, 0.3) is 5.69 Å². The Hall–Kier alpha value is -2.11. The number of hydrogen-bond acceptors (Lipinski definition) is 3. The predicted octanol–water partition coefficient (Wildman–Crippen LogP) is 1.94. The summed E-state index contributed by atoms with van der Waals surface area (Å²) < 4.78 is 0. The molecule has 2 rings (SSSR count). The van der Waals surface area contributed by atoms with E-state index in [4.69, 9.17) is 5.73 Å². The highest BCUT2D eigenvalue weighted by molar-refractivity contribution is 5.78. The fraction of sp³-hybridized carbons (Fsp3) is 0.462. The fourth-order valence-corrected chi connectivity index (χ4v) is 2.22. The van der Waals surface area contributed by atoms with E-state index in [0.717, 1.165) is 18.4 Å². The Morgan fingerprint density at radius 3 is 2.58 bits per heavy atom. The van der Waals surface area contributed by atoms with Gasteiger partial charge in [-0.3, -0.25) is 10.1 Å². The molecular formula is C13H18N4O2. The van der Waals surface area contributed by atoms with Crippen molar-refractivity contribution in [1.82, 2.24) is 5.32 Å². The number of hydrogen-bond donors (Lipinski definition) is 2. The summed E-state index contributed by atoms with van der Waals surface area (Å²) in [6.45, 7) is 0.434. The highest BCUT2D eigenvalue weighted by Crippen LogP contribution is 2.17. The first-order chi connectivity index (χ1) is 9.15. The van der Waals surface area contributed by atoms with Gasteiger partial charge in [-0.15, -0.1) is 0 Å². The Labute approximate surface area is 111 Å². The second-order valence-corrected chi connectivity index (χ2v) is 4.75. The van der Waals surface area contributed by atoms with Gasteiger partial charge in [-0.05, 0) is 18.4 Å². The molecule has 1 saturated carbocycles. The maximum absolute atomic E-state index is 10.5. The predicted molar refractivity (Wildman–Crippen MR) is 73.8 cm³/mol. The van der Waals surface area contributed by atoms with Gasteiger partial charge >= 0.3 is 0 Å². The van der Waals surface area contributed by atoms with Gasteiger partial charge in [0.2, 0.25) is 0 Å². The zero-order valence-electron chi connectivity index (χ0n) is 10.7. The van der Waals surface area contributed by atoms with Crippen molar-refractivity contribution in [3.8, 4) is 0 Å². The van der Waals surface area contributed by atoms with E-state index in [0.29, 0.717) is 18.5 Å². The van der Waals surface area contributed by atoms with Crippen LogP contribution in [0.1, 0.15) is 31.2 Å². The molecule has 6 nitrogen and oxygen atoms in total. The van der Waals surface area contributed by atoms with Gasteiger partial charge in [-0.2, -0.15) is 0 Å². The van der Waals surface area contributed by atoms with Crippen LogP contribution in [0, 0.1) is 10.1 Å². The van der Waals surface area contributed by atoms with Gasteiger partial charge in [-0.1, -0.05) is 25.0 Å². The molecule has 3 N–H and O–H groups in total. The first kappa shape index (κ1) is 13.3. The largest absolute Gasteiger partial charge is 0.370 e. The highest BCUT2D eigenvalue weighted by Gasteiger charge is 2.14. The molecule has 0 heterocycles. The third kappa shape index (κ3) is 3.94. The lowest BCUT2D eigenvalue weighted by molar-refractivity contribution is -0.384. The number of nitrogens with zero attached hydrogens (tertiary/aromatic N) is 2. The molecule has 1 aromatic rings. The third-order valence-corrected chi connectivity index (χ3v) is 3.29. The topological polar surface area (TPSA) is 93.5 Å². The first-order valence-electron chi connectivity index (χ1n) is 6.45. The van der Waals surface area contributed by atoms with E-state index in [1.165, 1.54) is 25.0 Å². The van der Waals surface area contributed by atoms with Gasteiger partial charge in [0.1, 0.15) is 0 Å². The van der Waals surface area contributed by atoms with E-state index >= 15 is 0 Å². The summed E-state index contributed by atoms with van der Waals surface area (Å²) in [5, 5.41) is 13.7. The number of aliphatic imine (C=N–C) groups is 1. The zero-order valence-corrected chi connectivity index (χ0v) is 10.7. The van der Waals surface area contributed by atoms with Gasteiger partial charge in [-0.25, -0.2) is 4.99 Å². The summed E-state index contributed by atoms with van der Waals surface area (Å²) >= 11 is 0. The highest BCUT2D eigenvalue weighted by atomic mass is 16.6. The zero-order chi connectivity index (χ0) is 13.7. The number of guanidine groups is 1. The SMILES string of the molecule is NC(=NCc1ccc([N+](=O)[O-])cc1)NC1CCCC1. The summed E-state index contributed by atoms with van der Waals surface area (Å²) in [4.78, 5) is 14.4. The van der Waals surface area contributed by atoms with Crippen LogP contribution in [0.15, 0.2) is 29.3 Å². The number of nitrogens with one attached hydrogen (secondary N) is 1. The first-order valence-corrected chi connectivity index (χ1v) is 6.45. The van der Waals surface area contributed by atoms with Gasteiger partial charge < -0.3 is 11.1 Å². The molecule has 0 saturated heterocycles. The Bertz CT molecular complexity index is 464. The average molecular weight is 262 g/mol. The summed E-state index contributed by atoms with van der Waals surface area (Å²) in [7, 11) is 0. The summed E-state index contributed by atoms with van der Waals surface area (Å²) in [6, 6.07) is 6.80. The molecule has 0 aromatic heterocycles. The number of nitro benzene ring substituents is 1. The van der Waals surface area contributed by atoms with Crippen molar-refractivity contribution in [2.45, 2.75) is 38.3 Å². The molecule has 0 bridgehead atoms. The quantitative estimate of drug-likeness (QED) is 0.375. The van der Waals surface area contributed by atoms with Crippen molar-refractivity contribution in [2.75, 3.05) is 0 Å². The lowest BCUT2D eigenvalue weighted by Crippen LogP contribution is -2.38. The molecule has 0 unspecified atom stereocenters. The van der Waals surface area contributed by atoms with E-state index in [2.05, 4.69) is 10.3 Å². The molecule has 1 aliphatic rings. The number of benzene rings is 1. The van der Waals surface area contributed by atoms with Crippen LogP contribution in [0.5, 0.6) is 0 Å². The summed E-state index contributed by atoms with van der Waals surface area (Å²) in [5.74, 6) is 0.449. The minimum absolute atomic E-state index is 0.0878. The molecule has 1 aromatic carbocycles. The number of non-ortho nitro benzene ring substituents is 1. The Kier molecular flexibility index (Phi) is 4.33. The molecule has 1 fully saturated rings. The Balaban J connectivity index is 1.87. The smallest absolute Gasteiger partial charge is 0.269 e. The van der Waals surface area contributed by atoms with Crippen molar-refractivity contribution in [1.29, 1.82) is 0 Å². The maximum atomic E-state index is 10.5. The van der Waals surface area contributed by atoms with Crippen LogP contribution in [-0.4, -0.2) is 16.9 Å². The minimum atomic E-state index is -0.414. The van der Waals surface area contributed by atoms with Crippen LogP contribution in [0.3, 0.4) is 0 Å². The van der Waals surface area contributed by atoms with Crippen molar-refractivity contribution >= 4 is 11.6 Å². The van der Waals surface area contributed by atoms with Gasteiger partial charge in [0.05, 0.1) is 11.5 Å². The van der Waals surface area contributed by atoms with Gasteiger partial charge in [0.15, 0.2) is 5.96 Å². The van der Waals surface area contributed by atoms with Crippen molar-refractivity contribution < 1.29 is 4.92 Å². The molecule has 6 heteroatoms. The molecule has 19 heavy (non-hydrogen) atoms. The lowest BCUT2D eigenvalue weighted by atomic mass is 10.2. The van der Waals surface area contributed by atoms with E-state index < -0.39 is 4.92 Å². The molecular weight excluding hydrogens is 244 g/mol. The minimum Gasteiger partial charge on any atom is -0.370 e. The van der Waals surface area contributed by atoms with E-state index in [9.17, 15) is 10.1 Å². The van der Waals surface area contributed by atoms with Crippen LogP contribution in [0.25, 0.3) is 0 Å². The normalized spacial score (nSPS) is 16.5. The van der Waals surface area contributed by atoms with E-state index in [1.807, 2.05) is 0 Å². The Morgan fingerprint density at radius 1 is 1.37 bits per heavy atom. The van der Waals surface area contributed by atoms with E-state index in [-0.39, 0.29) is 5.69 Å². The molecule has 0 aliphatic heterocycles. The molecule has 1 aliphatic carbocycles. The summed E-state index contributed by atoms with van der Waals surface area (Å²) in [5.41, 5.74) is 6.80. The van der Waals surface area contributed by atoms with Crippen LogP contribution >= 0.6 is 0 Å². The monoisotopic (exact) mass is 262 g/mol. The molecule has 102 valence electrons. The molecule has 0 amide bonds. The number of nitro groups is 1. The molecule has 0 spiro atoms. The fourth-order valence-electron chi connectivity index (χ4n) is 2.22. The van der Waals surface area contributed by atoms with Crippen LogP contribution < -0.4 is 11.1 Å². The second-order valence-electron chi connectivity index (χ2n) is 4.75. The number of nitrogens with two attached hydrogens (primary N) is 1. The maximum Gasteiger partial charge on any atom is 0.269 e. The van der Waals surface area contributed by atoms with Crippen molar-refractivity contribution in [3.63, 3.8) is 0 Å². The lowest BCUT2D eigenvalue weighted by Gasteiger charge is -2.12. The van der Waals surface area contributed by atoms with Crippen molar-refractivity contribution in [3.05, 3.63) is 39.9 Å². The van der Waals surface area contributed by atoms with E-state index in [1.54, 1.807) is 12.1 Å². The molecule has 0 atom stereocenters. The second kappa shape index (κ2) is 6.17. The average Bonchev–Trinajstić information content (AvgIpc) is 2.89. The summed E-state index contributed by atoms with van der Waals surface area (Å²) in [6.07, 6.45) is 4.78. The Morgan fingerprint density at radius 2 is 2.00 bits per heavy atom. The number of rotatable bonds is 4. The van der Waals surface area contributed by atoms with Crippen LogP contribution in [-0.2, 0) is 6.54 Å². The third-order valence-electron chi connectivity index (χ3n) is 3.29. The van der Waals surface area contributed by atoms with Crippen molar-refractivity contribution in [2.24, 2.45) is 10.7 Å². The standard InChI is InChI=1S/C13H18N4O2/c14-13(16-11-3-1-2-4-11)15-9-10-5-7-12(8-6-10)17(18)19/h5-8,11H,1-4,9H2,(H3,14,15,16).